The minimum atomic E-state index is -1.80. The van der Waals surface area contributed by atoms with Gasteiger partial charge in [0.1, 0.15) is 60.3 Å². The number of aromatic hydroxyl groups is 1. The molecule has 0 unspecified atom stereocenters. The van der Waals surface area contributed by atoms with Gasteiger partial charge in [-0.3, -0.25) is 4.79 Å². The van der Waals surface area contributed by atoms with E-state index in [1.807, 2.05) is 0 Å². The Labute approximate surface area is 232 Å². The third kappa shape index (κ3) is 4.90. The molecule has 0 spiro atoms. The Kier molecular flexibility index (Phi) is 8.35. The largest absolute Gasteiger partial charge is 0.507 e. The lowest BCUT2D eigenvalue weighted by Gasteiger charge is -2.45. The first-order chi connectivity index (χ1) is 19.5. The van der Waals surface area contributed by atoms with Crippen molar-refractivity contribution in [2.24, 2.45) is 0 Å². The molecule has 2 fully saturated rings. The van der Waals surface area contributed by atoms with Crippen LogP contribution in [-0.2, 0) is 16.1 Å². The molecule has 0 bridgehead atoms. The Balaban J connectivity index is 1.65. The van der Waals surface area contributed by atoms with Crippen LogP contribution in [0.5, 0.6) is 11.5 Å². The van der Waals surface area contributed by atoms with Crippen molar-refractivity contribution < 1.29 is 70.1 Å². The van der Waals surface area contributed by atoms with Gasteiger partial charge < -0.3 is 65.3 Å². The van der Waals surface area contributed by atoms with E-state index < -0.39 is 98.5 Å². The van der Waals surface area contributed by atoms with E-state index in [9.17, 15) is 55.9 Å². The molecule has 11 atom stereocenters. The van der Waals surface area contributed by atoms with Crippen molar-refractivity contribution in [2.75, 3.05) is 13.2 Å². The summed E-state index contributed by atoms with van der Waals surface area (Å²) in [7, 11) is 0. The van der Waals surface area contributed by atoms with Crippen LogP contribution < -0.4 is 4.74 Å². The van der Waals surface area contributed by atoms with E-state index in [2.05, 4.69) is 0 Å². The second kappa shape index (κ2) is 11.5. The van der Waals surface area contributed by atoms with Gasteiger partial charge in [0.2, 0.25) is 12.1 Å². The molecule has 14 nitrogen and oxygen atoms in total. The number of aliphatic hydroxyl groups excluding tert-OH is 9. The lowest BCUT2D eigenvalue weighted by molar-refractivity contribution is -0.277. The van der Waals surface area contributed by atoms with Crippen molar-refractivity contribution >= 4 is 5.78 Å². The fraction of sp³-hybridized carbons (Fsp3) is 0.519. The number of benzene rings is 2. The monoisotopic (exact) mass is 580 g/mol. The molecule has 41 heavy (non-hydrogen) atoms. The number of fused-ring (bicyclic) bond motifs is 2. The number of ketones is 1. The van der Waals surface area contributed by atoms with Crippen molar-refractivity contribution in [3.63, 3.8) is 0 Å². The normalized spacial score (nSPS) is 36.9. The van der Waals surface area contributed by atoms with Crippen LogP contribution >= 0.6 is 0 Å². The van der Waals surface area contributed by atoms with Crippen LogP contribution in [0.3, 0.4) is 0 Å². The van der Waals surface area contributed by atoms with Crippen molar-refractivity contribution in [3.05, 3.63) is 58.1 Å². The average Bonchev–Trinajstić information content (AvgIpc) is 2.96. The van der Waals surface area contributed by atoms with E-state index in [4.69, 9.17) is 14.2 Å². The molecule has 0 aromatic heterocycles. The second-order valence-electron chi connectivity index (χ2n) is 10.4. The Morgan fingerprint density at radius 2 is 1.37 bits per heavy atom. The van der Waals surface area contributed by atoms with Crippen LogP contribution in [0, 0.1) is 0 Å². The zero-order valence-corrected chi connectivity index (χ0v) is 21.5. The Hall–Kier alpha value is -2.73. The first kappa shape index (κ1) is 29.8. The van der Waals surface area contributed by atoms with Crippen LogP contribution in [0.25, 0.3) is 0 Å². The summed E-state index contributed by atoms with van der Waals surface area (Å²) < 4.78 is 17.1. The first-order valence-corrected chi connectivity index (χ1v) is 13.0. The van der Waals surface area contributed by atoms with Gasteiger partial charge in [-0.2, -0.15) is 0 Å². The zero-order valence-electron chi connectivity index (χ0n) is 21.5. The predicted molar refractivity (Wildman–Crippen MR) is 134 cm³/mol. The van der Waals surface area contributed by atoms with Crippen molar-refractivity contribution in [2.45, 2.75) is 73.8 Å². The summed E-state index contributed by atoms with van der Waals surface area (Å²) >= 11 is 0. The van der Waals surface area contributed by atoms with Gasteiger partial charge in [-0.1, -0.05) is 18.2 Å². The van der Waals surface area contributed by atoms with Gasteiger partial charge in [0, 0.05) is 5.92 Å². The third-order valence-corrected chi connectivity index (χ3v) is 7.92. The Bertz CT molecular complexity index is 1280. The number of ether oxygens (including phenoxy) is 3. The summed E-state index contributed by atoms with van der Waals surface area (Å²) in [4.78, 5) is 13.9. The lowest BCUT2D eigenvalue weighted by atomic mass is 9.71. The number of aliphatic hydroxyl groups is 9. The Morgan fingerprint density at radius 1 is 0.732 bits per heavy atom. The van der Waals surface area contributed by atoms with Crippen molar-refractivity contribution in [3.8, 4) is 11.5 Å². The zero-order chi connectivity index (χ0) is 29.7. The maximum absolute atomic E-state index is 13.9. The molecule has 1 aliphatic carbocycles. The highest BCUT2D eigenvalue weighted by atomic mass is 16.7. The molecule has 3 aliphatic rings. The summed E-state index contributed by atoms with van der Waals surface area (Å²) in [5, 5.41) is 103. The van der Waals surface area contributed by atoms with E-state index in [0.717, 1.165) is 0 Å². The number of carbonyl (C=O) groups is 1. The quantitative estimate of drug-likeness (QED) is 0.160. The van der Waals surface area contributed by atoms with E-state index in [0.29, 0.717) is 0 Å². The topological polar surface area (TPSA) is 247 Å². The van der Waals surface area contributed by atoms with Gasteiger partial charge in [0.05, 0.1) is 37.1 Å². The molecular formula is C27H32O14. The van der Waals surface area contributed by atoms with Gasteiger partial charge in [-0.05, 0) is 28.8 Å². The highest BCUT2D eigenvalue weighted by molar-refractivity contribution is 6.16. The number of hydrogen-bond acceptors (Lipinski definition) is 14. The fourth-order valence-electron chi connectivity index (χ4n) is 5.78. The molecule has 2 aliphatic heterocycles. The summed E-state index contributed by atoms with van der Waals surface area (Å²) in [5.41, 5.74) is 0.123. The van der Waals surface area contributed by atoms with Crippen LogP contribution in [0.2, 0.25) is 0 Å². The van der Waals surface area contributed by atoms with Crippen LogP contribution in [-0.4, -0.2) is 131 Å². The summed E-state index contributed by atoms with van der Waals surface area (Å²) in [5.74, 6) is -2.58. The van der Waals surface area contributed by atoms with E-state index in [-0.39, 0.29) is 33.6 Å². The number of phenols is 1. The summed E-state index contributed by atoms with van der Waals surface area (Å²) in [6.07, 6.45) is -16.0. The first-order valence-electron chi connectivity index (χ1n) is 13.0. The highest BCUT2D eigenvalue weighted by Gasteiger charge is 2.51. The fourth-order valence-corrected chi connectivity index (χ4v) is 5.78. The van der Waals surface area contributed by atoms with Crippen molar-refractivity contribution in [1.82, 2.24) is 0 Å². The second-order valence-corrected chi connectivity index (χ2v) is 10.4. The van der Waals surface area contributed by atoms with Crippen molar-refractivity contribution in [1.29, 1.82) is 0 Å². The smallest absolute Gasteiger partial charge is 0.229 e. The lowest BCUT2D eigenvalue weighted by Crippen LogP contribution is -2.60. The average molecular weight is 581 g/mol. The molecule has 224 valence electrons. The maximum Gasteiger partial charge on any atom is 0.229 e. The molecule has 0 amide bonds. The molecule has 10 N–H and O–H groups in total. The van der Waals surface area contributed by atoms with Gasteiger partial charge in [0.15, 0.2) is 0 Å². The standard InChI is InChI=1S/C27H32O14/c28-6-9-4-11-16(26-24(37)22(35)19(32)14(7-29)39-26)10-2-1-3-13(18(10)21(34)17(11)12(31)5-9)40-27-25(38)23(36)20(33)15(8-30)41-27/h1-5,14-16,19-20,22-33,35-38H,6-8H2/t14-,15+,16-,19-,20+,22+,23-,24-,25+,26+,27-/m0/s1. The summed E-state index contributed by atoms with van der Waals surface area (Å²) in [6.45, 7) is -1.94. The minimum absolute atomic E-state index is 0.126. The number of phenolic OH excluding ortho intramolecular Hbond substituents is 1. The number of carbonyl (C=O) groups excluding carboxylic acids is 1. The molecule has 2 aromatic carbocycles. The molecule has 2 aromatic rings. The molecule has 0 saturated carbocycles. The molecule has 0 radical (unpaired) electrons. The van der Waals surface area contributed by atoms with Crippen LogP contribution in [0.4, 0.5) is 0 Å². The third-order valence-electron chi connectivity index (χ3n) is 7.92. The van der Waals surface area contributed by atoms with Gasteiger partial charge >= 0.3 is 0 Å². The SMILES string of the molecule is O=C1c2c(O)cc(CO)cc2[C@@H]([C@H]2O[C@@H](CO)[C@H](O)[C@@H](O)[C@@H]2O)c2cccc(O[C@H]3O[C@H](CO)[C@@H](O)[C@H](O)[C@H]3O)c21. The van der Waals surface area contributed by atoms with Gasteiger partial charge in [0.25, 0.3) is 0 Å². The van der Waals surface area contributed by atoms with E-state index >= 15 is 0 Å². The summed E-state index contributed by atoms with van der Waals surface area (Å²) in [6, 6.07) is 6.89. The molecule has 5 rings (SSSR count). The molecule has 14 heteroatoms. The Morgan fingerprint density at radius 3 is 2.00 bits per heavy atom. The molecular weight excluding hydrogens is 548 g/mol. The molecule has 2 saturated heterocycles. The van der Waals surface area contributed by atoms with Gasteiger partial charge in [-0.15, -0.1) is 0 Å². The van der Waals surface area contributed by atoms with E-state index in [1.165, 1.54) is 30.3 Å². The van der Waals surface area contributed by atoms with Gasteiger partial charge in [-0.25, -0.2) is 0 Å². The minimum Gasteiger partial charge on any atom is -0.507 e. The predicted octanol–water partition coefficient (Wildman–Crippen LogP) is -3.42. The maximum atomic E-state index is 13.9. The van der Waals surface area contributed by atoms with Crippen LogP contribution in [0.15, 0.2) is 30.3 Å². The van der Waals surface area contributed by atoms with E-state index in [1.54, 1.807) is 0 Å². The molecule has 2 heterocycles. The number of rotatable bonds is 6. The van der Waals surface area contributed by atoms with Crippen LogP contribution in [0.1, 0.15) is 38.5 Å². The number of hydrogen-bond donors (Lipinski definition) is 10. The highest BCUT2D eigenvalue weighted by Crippen LogP contribution is 2.48.